The van der Waals surface area contributed by atoms with Crippen molar-refractivity contribution < 1.29 is 23.1 Å². The van der Waals surface area contributed by atoms with Gasteiger partial charge in [0.25, 0.3) is 5.56 Å². The molecule has 3 N–H and O–H groups in total. The van der Waals surface area contributed by atoms with E-state index in [-0.39, 0.29) is 37.6 Å². The third-order valence-corrected chi connectivity index (χ3v) is 7.27. The number of alkyl halides is 3. The van der Waals surface area contributed by atoms with Crippen LogP contribution in [0, 0.1) is 0 Å². The van der Waals surface area contributed by atoms with Crippen LogP contribution in [0.1, 0.15) is 5.56 Å². The zero-order valence-electron chi connectivity index (χ0n) is 21.5. The van der Waals surface area contributed by atoms with Crippen molar-refractivity contribution >= 4 is 39.4 Å². The highest BCUT2D eigenvalue weighted by Crippen LogP contribution is 2.39. The largest absolute Gasteiger partial charge is 0.465 e. The van der Waals surface area contributed by atoms with Crippen molar-refractivity contribution in [3.05, 3.63) is 89.0 Å². The lowest BCUT2D eigenvalue weighted by Gasteiger charge is -2.36. The summed E-state index contributed by atoms with van der Waals surface area (Å²) in [5.74, 6) is 0.364. The zero-order valence-corrected chi connectivity index (χ0v) is 21.5. The van der Waals surface area contributed by atoms with Crippen LogP contribution in [0.5, 0.6) is 0 Å². The maximum atomic E-state index is 14.4. The summed E-state index contributed by atoms with van der Waals surface area (Å²) in [4.78, 5) is 35.8. The molecule has 5 aromatic rings. The van der Waals surface area contributed by atoms with E-state index < -0.39 is 23.4 Å². The van der Waals surface area contributed by atoms with E-state index in [0.29, 0.717) is 27.6 Å². The molecule has 0 bridgehead atoms. The molecule has 3 aromatic heterocycles. The van der Waals surface area contributed by atoms with Gasteiger partial charge in [-0.15, -0.1) is 0 Å². The fraction of sp³-hybridized carbons (Fsp3) is 0.172. The second kappa shape index (κ2) is 9.81. The molecular formula is C29H23F3N6O3. The number of aromatic nitrogens is 3. The van der Waals surface area contributed by atoms with Crippen molar-refractivity contribution in [1.29, 1.82) is 0 Å². The number of hydrogen-bond acceptors (Lipinski definition) is 6. The van der Waals surface area contributed by atoms with Crippen molar-refractivity contribution in [2.45, 2.75) is 6.18 Å². The lowest BCUT2D eigenvalue weighted by Crippen LogP contribution is -2.48. The smallest absolute Gasteiger partial charge is 0.418 e. The van der Waals surface area contributed by atoms with Crippen LogP contribution in [-0.2, 0) is 6.18 Å². The first-order chi connectivity index (χ1) is 19.6. The predicted molar refractivity (Wildman–Crippen MR) is 149 cm³/mol. The summed E-state index contributed by atoms with van der Waals surface area (Å²) in [7, 11) is 0. The summed E-state index contributed by atoms with van der Waals surface area (Å²) >= 11 is 0. The standard InChI is InChI=1S/C29H23F3N6O3/c30-29(31,32)22-14-20(4-6-24(22)36-9-11-37(12-10-36)28(40)41)38-26(39)8-3-19-16-34-23-5-1-17(13-21(23)27(19)38)18-2-7-25(33)35-15-18/h1-8,13-16H,9-12H2,(H2,33,35)(H,40,41). The van der Waals surface area contributed by atoms with Gasteiger partial charge in [0.2, 0.25) is 0 Å². The first kappa shape index (κ1) is 26.1. The van der Waals surface area contributed by atoms with Gasteiger partial charge in [-0.25, -0.2) is 9.78 Å². The minimum atomic E-state index is -4.72. The zero-order chi connectivity index (χ0) is 28.9. The SMILES string of the molecule is Nc1ccc(-c2ccc3ncc4ccc(=O)n(-c5ccc(N6CCN(C(=O)O)CC6)c(C(F)(F)F)c5)c4c3c2)cn1. The van der Waals surface area contributed by atoms with Crippen molar-refractivity contribution in [1.82, 2.24) is 19.4 Å². The fourth-order valence-electron chi connectivity index (χ4n) is 5.23. The van der Waals surface area contributed by atoms with E-state index >= 15 is 0 Å². The number of carbonyl (C=O) groups is 1. The van der Waals surface area contributed by atoms with Crippen molar-refractivity contribution in [2.75, 3.05) is 36.8 Å². The van der Waals surface area contributed by atoms with Crippen molar-refractivity contribution in [3.8, 4) is 16.8 Å². The molecule has 2 aromatic carbocycles. The van der Waals surface area contributed by atoms with Crippen LogP contribution in [0.4, 0.5) is 29.5 Å². The highest BCUT2D eigenvalue weighted by atomic mass is 19.4. The van der Waals surface area contributed by atoms with E-state index in [1.165, 1.54) is 32.6 Å². The lowest BCUT2D eigenvalue weighted by molar-refractivity contribution is -0.137. The van der Waals surface area contributed by atoms with E-state index in [4.69, 9.17) is 5.73 Å². The molecule has 0 atom stereocenters. The van der Waals surface area contributed by atoms with Gasteiger partial charge in [0, 0.05) is 66.7 Å². The third-order valence-electron chi connectivity index (χ3n) is 7.27. The Morgan fingerprint density at radius 2 is 1.63 bits per heavy atom. The molecule has 1 aliphatic rings. The second-order valence-corrected chi connectivity index (χ2v) is 9.73. The molecule has 1 fully saturated rings. The van der Waals surface area contributed by atoms with E-state index in [1.54, 1.807) is 36.7 Å². The molecule has 0 saturated carbocycles. The number of nitrogen functional groups attached to an aromatic ring is 1. The number of piperazine rings is 1. The Bertz CT molecular complexity index is 1860. The molecule has 1 aliphatic heterocycles. The summed E-state index contributed by atoms with van der Waals surface area (Å²) in [6.45, 7) is 0.397. The molecule has 12 heteroatoms. The van der Waals surface area contributed by atoms with Crippen LogP contribution >= 0.6 is 0 Å². The number of carboxylic acid groups (broad SMARTS) is 1. The number of halogens is 3. The topological polar surface area (TPSA) is 118 Å². The average molecular weight is 561 g/mol. The molecule has 0 unspecified atom stereocenters. The molecule has 0 aliphatic carbocycles. The minimum Gasteiger partial charge on any atom is -0.465 e. The number of nitrogens with zero attached hydrogens (tertiary/aromatic N) is 5. The van der Waals surface area contributed by atoms with Gasteiger partial charge >= 0.3 is 12.3 Å². The summed E-state index contributed by atoms with van der Waals surface area (Å²) < 4.78 is 44.5. The first-order valence-corrected chi connectivity index (χ1v) is 12.7. The first-order valence-electron chi connectivity index (χ1n) is 12.7. The Morgan fingerprint density at radius 3 is 2.32 bits per heavy atom. The monoisotopic (exact) mass is 560 g/mol. The van der Waals surface area contributed by atoms with Gasteiger partial charge in [0.15, 0.2) is 0 Å². The maximum Gasteiger partial charge on any atom is 0.418 e. The van der Waals surface area contributed by atoms with E-state index in [9.17, 15) is 27.9 Å². The molecule has 41 heavy (non-hydrogen) atoms. The van der Waals surface area contributed by atoms with Gasteiger partial charge in [-0.3, -0.25) is 14.3 Å². The van der Waals surface area contributed by atoms with Crippen LogP contribution in [0.25, 0.3) is 38.6 Å². The van der Waals surface area contributed by atoms with Gasteiger partial charge in [-0.05, 0) is 54.1 Å². The molecule has 9 nitrogen and oxygen atoms in total. The van der Waals surface area contributed by atoms with Gasteiger partial charge in [-0.2, -0.15) is 13.2 Å². The molecule has 1 saturated heterocycles. The van der Waals surface area contributed by atoms with Crippen LogP contribution in [0.15, 0.2) is 77.9 Å². The van der Waals surface area contributed by atoms with Gasteiger partial charge in [-0.1, -0.05) is 6.07 Å². The number of fused-ring (bicyclic) bond motifs is 3. The van der Waals surface area contributed by atoms with Gasteiger partial charge in [0.05, 0.1) is 22.3 Å². The summed E-state index contributed by atoms with van der Waals surface area (Å²) in [5.41, 5.74) is 6.83. The summed E-state index contributed by atoms with van der Waals surface area (Å²) in [5, 5.41) is 10.4. The van der Waals surface area contributed by atoms with Gasteiger partial charge < -0.3 is 20.6 Å². The Balaban J connectivity index is 1.53. The van der Waals surface area contributed by atoms with E-state index in [1.807, 2.05) is 12.1 Å². The number of benzene rings is 2. The molecule has 1 amide bonds. The number of pyridine rings is 3. The summed E-state index contributed by atoms with van der Waals surface area (Å²) in [6, 6.07) is 15.6. The Labute approximate surface area is 230 Å². The van der Waals surface area contributed by atoms with Gasteiger partial charge in [0.1, 0.15) is 5.82 Å². The number of nitrogens with two attached hydrogens (primary N) is 1. The average Bonchev–Trinajstić information content (AvgIpc) is 2.96. The van der Waals surface area contributed by atoms with E-state index in [2.05, 4.69) is 9.97 Å². The quantitative estimate of drug-likeness (QED) is 0.298. The predicted octanol–water partition coefficient (Wildman–Crippen LogP) is 5.00. The highest BCUT2D eigenvalue weighted by molar-refractivity contribution is 6.05. The molecule has 0 radical (unpaired) electrons. The number of anilines is 2. The molecule has 208 valence electrons. The minimum absolute atomic E-state index is 0.0490. The third kappa shape index (κ3) is 4.77. The lowest BCUT2D eigenvalue weighted by atomic mass is 10.0. The Morgan fingerprint density at radius 1 is 0.878 bits per heavy atom. The van der Waals surface area contributed by atoms with E-state index in [0.717, 1.165) is 17.2 Å². The van der Waals surface area contributed by atoms with Crippen LogP contribution in [0.2, 0.25) is 0 Å². The number of hydrogen-bond donors (Lipinski definition) is 2. The molecule has 4 heterocycles. The van der Waals surface area contributed by atoms with Crippen LogP contribution < -0.4 is 16.2 Å². The van der Waals surface area contributed by atoms with Crippen LogP contribution in [0.3, 0.4) is 0 Å². The molecule has 0 spiro atoms. The molecular weight excluding hydrogens is 537 g/mol. The number of amides is 1. The van der Waals surface area contributed by atoms with Crippen molar-refractivity contribution in [3.63, 3.8) is 0 Å². The second-order valence-electron chi connectivity index (χ2n) is 9.73. The number of rotatable bonds is 3. The Hall–Kier alpha value is -5.13. The Kier molecular flexibility index (Phi) is 6.24. The maximum absolute atomic E-state index is 14.4. The normalized spacial score (nSPS) is 14.1. The summed E-state index contributed by atoms with van der Waals surface area (Å²) in [6.07, 6.45) is -2.63. The molecule has 6 rings (SSSR count). The highest BCUT2D eigenvalue weighted by Gasteiger charge is 2.36. The fourth-order valence-corrected chi connectivity index (χ4v) is 5.23. The van der Waals surface area contributed by atoms with Crippen LogP contribution in [-0.4, -0.2) is 56.8 Å². The van der Waals surface area contributed by atoms with Crippen molar-refractivity contribution in [2.24, 2.45) is 0 Å².